The Kier molecular flexibility index (Phi) is 3.62. The summed E-state index contributed by atoms with van der Waals surface area (Å²) in [6.45, 7) is 4.10. The van der Waals surface area contributed by atoms with Gasteiger partial charge in [0.1, 0.15) is 0 Å². The molecule has 1 amide bonds. The van der Waals surface area contributed by atoms with Crippen molar-refractivity contribution < 1.29 is 4.79 Å². The van der Waals surface area contributed by atoms with Gasteiger partial charge in [-0.25, -0.2) is 4.98 Å². The molecule has 0 unspecified atom stereocenters. The summed E-state index contributed by atoms with van der Waals surface area (Å²) in [5.74, 6) is -0.117. The van der Waals surface area contributed by atoms with Crippen LogP contribution in [0.4, 0.5) is 5.13 Å². The lowest BCUT2D eigenvalue weighted by Gasteiger charge is -1.97. The van der Waals surface area contributed by atoms with Crippen molar-refractivity contribution >= 4 is 59.9 Å². The summed E-state index contributed by atoms with van der Waals surface area (Å²) in [6.07, 6.45) is 0. The zero-order valence-corrected chi connectivity index (χ0v) is 14.1. The van der Waals surface area contributed by atoms with Crippen molar-refractivity contribution in [3.63, 3.8) is 0 Å². The summed E-state index contributed by atoms with van der Waals surface area (Å²) in [5.41, 5.74) is 3.30. The largest absolute Gasteiger partial charge is 0.297 e. The average molecular weight is 367 g/mol. The number of hydrogen-bond donors (Lipinski definition) is 1. The molecule has 0 radical (unpaired) electrons. The van der Waals surface area contributed by atoms with Gasteiger partial charge < -0.3 is 0 Å². The Labute approximate surface area is 132 Å². The second-order valence-corrected chi connectivity index (χ2v) is 8.00. The SMILES string of the molecule is Cc1cc(C)c2nc(NC(=O)c3ccc(Br)s3)sc2c1. The van der Waals surface area contributed by atoms with E-state index in [2.05, 4.69) is 45.3 Å². The van der Waals surface area contributed by atoms with E-state index in [0.29, 0.717) is 10.0 Å². The van der Waals surface area contributed by atoms with Crippen LogP contribution in [0.2, 0.25) is 0 Å². The van der Waals surface area contributed by atoms with Crippen LogP contribution in [0, 0.1) is 13.8 Å². The fraction of sp³-hybridized carbons (Fsp3) is 0.143. The van der Waals surface area contributed by atoms with Crippen molar-refractivity contribution in [2.75, 3.05) is 5.32 Å². The average Bonchev–Trinajstić information content (AvgIpc) is 2.95. The van der Waals surface area contributed by atoms with Crippen LogP contribution in [0.3, 0.4) is 0 Å². The molecule has 20 heavy (non-hydrogen) atoms. The topological polar surface area (TPSA) is 42.0 Å². The van der Waals surface area contributed by atoms with Gasteiger partial charge >= 0.3 is 0 Å². The molecule has 0 bridgehead atoms. The highest BCUT2D eigenvalue weighted by molar-refractivity contribution is 9.11. The van der Waals surface area contributed by atoms with Crippen molar-refractivity contribution in [2.24, 2.45) is 0 Å². The molecule has 102 valence electrons. The molecule has 2 heterocycles. The van der Waals surface area contributed by atoms with Gasteiger partial charge in [0, 0.05) is 0 Å². The Hall–Kier alpha value is -1.24. The van der Waals surface area contributed by atoms with Gasteiger partial charge in [0.15, 0.2) is 5.13 Å². The molecule has 3 rings (SSSR count). The van der Waals surface area contributed by atoms with Crippen LogP contribution in [0.15, 0.2) is 28.1 Å². The molecule has 6 heteroatoms. The minimum Gasteiger partial charge on any atom is -0.297 e. The second kappa shape index (κ2) is 5.27. The third kappa shape index (κ3) is 2.63. The molecule has 0 saturated carbocycles. The number of nitrogens with one attached hydrogen (secondary N) is 1. The van der Waals surface area contributed by atoms with Gasteiger partial charge in [-0.2, -0.15) is 0 Å². The fourth-order valence-electron chi connectivity index (χ4n) is 2.02. The van der Waals surface area contributed by atoms with Gasteiger partial charge in [0.2, 0.25) is 0 Å². The van der Waals surface area contributed by atoms with E-state index in [9.17, 15) is 4.79 Å². The third-order valence-corrected chi connectivity index (χ3v) is 5.39. The summed E-state index contributed by atoms with van der Waals surface area (Å²) < 4.78 is 2.04. The Morgan fingerprint density at radius 2 is 2.05 bits per heavy atom. The van der Waals surface area contributed by atoms with E-state index in [1.54, 1.807) is 6.07 Å². The monoisotopic (exact) mass is 366 g/mol. The molecule has 1 aromatic carbocycles. The van der Waals surface area contributed by atoms with Gasteiger partial charge in [-0.05, 0) is 59.1 Å². The van der Waals surface area contributed by atoms with Gasteiger partial charge in [0.05, 0.1) is 18.9 Å². The first-order valence-corrected chi connectivity index (χ1v) is 8.40. The van der Waals surface area contributed by atoms with Crippen molar-refractivity contribution in [3.05, 3.63) is 44.1 Å². The van der Waals surface area contributed by atoms with Crippen molar-refractivity contribution in [1.29, 1.82) is 0 Å². The molecule has 2 aromatic heterocycles. The van der Waals surface area contributed by atoms with Gasteiger partial charge in [-0.15, -0.1) is 11.3 Å². The first-order valence-electron chi connectivity index (χ1n) is 5.97. The zero-order valence-electron chi connectivity index (χ0n) is 10.9. The number of aryl methyl sites for hydroxylation is 2. The Morgan fingerprint density at radius 3 is 2.75 bits per heavy atom. The normalized spacial score (nSPS) is 10.9. The van der Waals surface area contributed by atoms with E-state index in [1.807, 2.05) is 13.0 Å². The van der Waals surface area contributed by atoms with Gasteiger partial charge in [0.25, 0.3) is 5.91 Å². The third-order valence-electron chi connectivity index (χ3n) is 2.85. The first-order chi connectivity index (χ1) is 9.52. The van der Waals surface area contributed by atoms with Crippen LogP contribution < -0.4 is 5.32 Å². The van der Waals surface area contributed by atoms with E-state index in [1.165, 1.54) is 28.2 Å². The summed E-state index contributed by atoms with van der Waals surface area (Å²) >= 11 is 6.27. The summed E-state index contributed by atoms with van der Waals surface area (Å²) in [7, 11) is 0. The molecular weight excluding hydrogens is 356 g/mol. The van der Waals surface area contributed by atoms with Crippen LogP contribution in [-0.2, 0) is 0 Å². The lowest BCUT2D eigenvalue weighted by Crippen LogP contribution is -2.09. The molecular formula is C14H11BrN2OS2. The van der Waals surface area contributed by atoms with Crippen LogP contribution in [-0.4, -0.2) is 10.9 Å². The number of anilines is 1. The zero-order chi connectivity index (χ0) is 14.3. The number of fused-ring (bicyclic) bond motifs is 1. The summed E-state index contributed by atoms with van der Waals surface area (Å²) in [4.78, 5) is 17.3. The minimum absolute atomic E-state index is 0.117. The highest BCUT2D eigenvalue weighted by atomic mass is 79.9. The number of thiazole rings is 1. The standard InChI is InChI=1S/C14H11BrN2OS2/c1-7-5-8(2)12-10(6-7)20-14(16-12)17-13(18)9-3-4-11(15)19-9/h3-6H,1-2H3,(H,16,17,18). The Balaban J connectivity index is 1.91. The predicted octanol–water partition coefficient (Wildman–Crippen LogP) is 4.99. The number of carbonyl (C=O) groups is 1. The quantitative estimate of drug-likeness (QED) is 0.693. The maximum atomic E-state index is 12.1. The van der Waals surface area contributed by atoms with E-state index in [-0.39, 0.29) is 5.91 Å². The second-order valence-electron chi connectivity index (χ2n) is 4.51. The van der Waals surface area contributed by atoms with E-state index >= 15 is 0 Å². The predicted molar refractivity (Wildman–Crippen MR) is 89.1 cm³/mol. The minimum atomic E-state index is -0.117. The van der Waals surface area contributed by atoms with Crippen LogP contribution in [0.25, 0.3) is 10.2 Å². The number of halogens is 1. The number of carbonyl (C=O) groups excluding carboxylic acids is 1. The lowest BCUT2D eigenvalue weighted by atomic mass is 10.1. The van der Waals surface area contributed by atoms with Crippen molar-refractivity contribution in [3.8, 4) is 0 Å². The molecule has 0 spiro atoms. The number of amides is 1. The number of benzene rings is 1. The van der Waals surface area contributed by atoms with Gasteiger partial charge in [-0.1, -0.05) is 17.4 Å². The number of hydrogen-bond acceptors (Lipinski definition) is 4. The van der Waals surface area contributed by atoms with Crippen LogP contribution in [0.1, 0.15) is 20.8 Å². The molecule has 0 saturated heterocycles. The first kappa shape index (κ1) is 13.7. The van der Waals surface area contributed by atoms with E-state index in [4.69, 9.17) is 0 Å². The molecule has 0 fully saturated rings. The number of nitrogens with zero attached hydrogens (tertiary/aromatic N) is 1. The highest BCUT2D eigenvalue weighted by Crippen LogP contribution is 2.30. The molecule has 3 nitrogen and oxygen atoms in total. The van der Waals surface area contributed by atoms with E-state index < -0.39 is 0 Å². The Bertz CT molecular complexity index is 807. The highest BCUT2D eigenvalue weighted by Gasteiger charge is 2.12. The molecule has 0 aliphatic rings. The number of rotatable bonds is 2. The molecule has 1 N–H and O–H groups in total. The summed E-state index contributed by atoms with van der Waals surface area (Å²) in [6, 6.07) is 7.86. The smallest absolute Gasteiger partial charge is 0.267 e. The molecule has 0 aliphatic heterocycles. The molecule has 0 atom stereocenters. The van der Waals surface area contributed by atoms with Crippen molar-refractivity contribution in [2.45, 2.75) is 13.8 Å². The fourth-order valence-corrected chi connectivity index (χ4v) is 4.34. The molecule has 0 aliphatic carbocycles. The lowest BCUT2D eigenvalue weighted by molar-refractivity contribution is 0.103. The maximum absolute atomic E-state index is 12.1. The van der Waals surface area contributed by atoms with Crippen LogP contribution >= 0.6 is 38.6 Å². The van der Waals surface area contributed by atoms with Crippen LogP contribution in [0.5, 0.6) is 0 Å². The van der Waals surface area contributed by atoms with Gasteiger partial charge in [-0.3, -0.25) is 10.1 Å². The molecule has 3 aromatic rings. The summed E-state index contributed by atoms with van der Waals surface area (Å²) in [5, 5.41) is 3.51. The van der Waals surface area contributed by atoms with E-state index in [0.717, 1.165) is 19.6 Å². The maximum Gasteiger partial charge on any atom is 0.267 e. The van der Waals surface area contributed by atoms with Crippen molar-refractivity contribution in [1.82, 2.24) is 4.98 Å². The Morgan fingerprint density at radius 1 is 1.25 bits per heavy atom. The number of aromatic nitrogens is 1. The number of thiophene rings is 1.